The third kappa shape index (κ3) is 4.83. The Morgan fingerprint density at radius 1 is 1.43 bits per heavy atom. The molecule has 0 radical (unpaired) electrons. The smallest absolute Gasteiger partial charge is 0.263 e. The van der Waals surface area contributed by atoms with Crippen molar-refractivity contribution in [3.8, 4) is 5.75 Å². The predicted molar refractivity (Wildman–Crippen MR) is 95.5 cm³/mol. The molecule has 6 heteroatoms. The van der Waals surface area contributed by atoms with Gasteiger partial charge in [-0.2, -0.15) is 0 Å². The van der Waals surface area contributed by atoms with Crippen molar-refractivity contribution in [3.05, 3.63) is 33.1 Å². The van der Waals surface area contributed by atoms with E-state index in [9.17, 15) is 4.79 Å². The number of carbonyl (C=O) groups excluding carboxylic acids is 1. The number of thioether (sulfide) groups is 1. The Labute approximate surface area is 142 Å². The van der Waals surface area contributed by atoms with Crippen LogP contribution in [0.15, 0.2) is 27.6 Å². The number of hydrogen-bond acceptors (Lipinski definition) is 4. The van der Waals surface area contributed by atoms with Crippen LogP contribution in [0.3, 0.4) is 0 Å². The van der Waals surface area contributed by atoms with Gasteiger partial charge in [-0.05, 0) is 30.7 Å². The maximum atomic E-state index is 11.7. The predicted octanol–water partition coefficient (Wildman–Crippen LogP) is 4.51. The van der Waals surface area contributed by atoms with E-state index < -0.39 is 0 Å². The molecule has 1 aliphatic rings. The Balaban J connectivity index is 2.17. The molecule has 1 aromatic rings. The number of ether oxygens (including phenoxy) is 1. The molecule has 1 aromatic carbocycles. The second kappa shape index (κ2) is 7.96. The van der Waals surface area contributed by atoms with Gasteiger partial charge in [0.1, 0.15) is 10.1 Å². The molecule has 1 amide bonds. The highest BCUT2D eigenvalue weighted by Gasteiger charge is 2.22. The summed E-state index contributed by atoms with van der Waals surface area (Å²) in [5, 5.41) is 2.62. The van der Waals surface area contributed by atoms with Crippen molar-refractivity contribution in [2.45, 2.75) is 26.2 Å². The van der Waals surface area contributed by atoms with Crippen LogP contribution in [0.4, 0.5) is 0 Å². The van der Waals surface area contributed by atoms with E-state index in [-0.39, 0.29) is 5.91 Å². The van der Waals surface area contributed by atoms with Crippen molar-refractivity contribution in [2.24, 2.45) is 0 Å². The van der Waals surface area contributed by atoms with Gasteiger partial charge in [-0.3, -0.25) is 4.79 Å². The Morgan fingerprint density at radius 3 is 2.90 bits per heavy atom. The summed E-state index contributed by atoms with van der Waals surface area (Å²) in [7, 11) is 0. The number of benzene rings is 1. The van der Waals surface area contributed by atoms with E-state index in [1.54, 1.807) is 0 Å². The van der Waals surface area contributed by atoms with Crippen LogP contribution in [0.2, 0.25) is 0 Å². The van der Waals surface area contributed by atoms with E-state index in [1.165, 1.54) is 11.8 Å². The second-order valence-electron chi connectivity index (χ2n) is 4.59. The average molecular weight is 386 g/mol. The van der Waals surface area contributed by atoms with Crippen molar-refractivity contribution in [2.75, 3.05) is 6.61 Å². The van der Waals surface area contributed by atoms with Crippen molar-refractivity contribution in [1.82, 2.24) is 5.32 Å². The number of amides is 1. The number of carbonyl (C=O) groups is 1. The molecular weight excluding hydrogens is 370 g/mol. The zero-order chi connectivity index (χ0) is 15.2. The highest BCUT2D eigenvalue weighted by Crippen LogP contribution is 2.31. The molecule has 1 aliphatic heterocycles. The summed E-state index contributed by atoms with van der Waals surface area (Å²) in [5.41, 5.74) is 0.878. The first kappa shape index (κ1) is 16.5. The van der Waals surface area contributed by atoms with Crippen LogP contribution in [-0.2, 0) is 4.79 Å². The quantitative estimate of drug-likeness (QED) is 0.444. The molecule has 0 unspecified atom stereocenters. The largest absolute Gasteiger partial charge is 0.493 e. The second-order valence-corrected chi connectivity index (χ2v) is 7.22. The SMILES string of the molecule is CCCCCOc1ccc(Br)cc1/C=C1/SC(=S)NC1=O. The van der Waals surface area contributed by atoms with E-state index in [1.807, 2.05) is 24.3 Å². The number of nitrogens with one attached hydrogen (secondary N) is 1. The van der Waals surface area contributed by atoms with Crippen molar-refractivity contribution < 1.29 is 9.53 Å². The molecule has 1 saturated heterocycles. The van der Waals surface area contributed by atoms with Gasteiger partial charge < -0.3 is 10.1 Å². The molecule has 3 nitrogen and oxygen atoms in total. The zero-order valence-corrected chi connectivity index (χ0v) is 14.9. The third-order valence-corrected chi connectivity index (χ3v) is 4.56. The topological polar surface area (TPSA) is 38.3 Å². The summed E-state index contributed by atoms with van der Waals surface area (Å²) in [6.45, 7) is 2.84. The number of halogens is 1. The summed E-state index contributed by atoms with van der Waals surface area (Å²) in [6.07, 6.45) is 5.16. The van der Waals surface area contributed by atoms with Gasteiger partial charge in [-0.25, -0.2) is 0 Å². The van der Waals surface area contributed by atoms with E-state index in [0.29, 0.717) is 15.8 Å². The van der Waals surface area contributed by atoms with Gasteiger partial charge in [0, 0.05) is 10.0 Å². The average Bonchev–Trinajstić information content (AvgIpc) is 2.75. The standard InChI is InChI=1S/C15H16BrNO2S2/c1-2-3-4-7-19-12-6-5-11(16)8-10(12)9-13-14(18)17-15(20)21-13/h5-6,8-9H,2-4,7H2,1H3,(H,17,18,20)/b13-9+. The highest BCUT2D eigenvalue weighted by atomic mass is 79.9. The highest BCUT2D eigenvalue weighted by molar-refractivity contribution is 9.10. The number of rotatable bonds is 6. The van der Waals surface area contributed by atoms with Crippen LogP contribution in [-0.4, -0.2) is 16.8 Å². The molecule has 0 saturated carbocycles. The van der Waals surface area contributed by atoms with Gasteiger partial charge in [-0.15, -0.1) is 0 Å². The molecule has 0 aromatic heterocycles. The van der Waals surface area contributed by atoms with Gasteiger partial charge in [0.05, 0.1) is 11.5 Å². The van der Waals surface area contributed by atoms with Crippen LogP contribution >= 0.6 is 39.9 Å². The molecule has 0 atom stereocenters. The molecule has 0 bridgehead atoms. The first-order valence-corrected chi connectivity index (χ1v) is 8.79. The lowest BCUT2D eigenvalue weighted by molar-refractivity contribution is -0.115. The number of hydrogen-bond donors (Lipinski definition) is 1. The Morgan fingerprint density at radius 2 is 2.24 bits per heavy atom. The van der Waals surface area contributed by atoms with Gasteiger partial charge in [0.15, 0.2) is 0 Å². The first-order chi connectivity index (χ1) is 10.1. The summed E-state index contributed by atoms with van der Waals surface area (Å²) in [6, 6.07) is 5.79. The maximum Gasteiger partial charge on any atom is 0.263 e. The Bertz CT molecular complexity index is 587. The van der Waals surface area contributed by atoms with E-state index in [4.69, 9.17) is 17.0 Å². The maximum absolute atomic E-state index is 11.7. The van der Waals surface area contributed by atoms with Crippen molar-refractivity contribution in [1.29, 1.82) is 0 Å². The number of thiocarbonyl (C=S) groups is 1. The third-order valence-electron chi connectivity index (χ3n) is 2.91. The molecule has 1 fully saturated rings. The minimum atomic E-state index is -0.151. The van der Waals surface area contributed by atoms with Crippen LogP contribution < -0.4 is 10.1 Å². The van der Waals surface area contributed by atoms with Gasteiger partial charge >= 0.3 is 0 Å². The molecule has 112 valence electrons. The van der Waals surface area contributed by atoms with Gasteiger partial charge in [0.25, 0.3) is 5.91 Å². The zero-order valence-electron chi connectivity index (χ0n) is 11.6. The monoisotopic (exact) mass is 385 g/mol. The van der Waals surface area contributed by atoms with Crippen molar-refractivity contribution >= 4 is 56.2 Å². The summed E-state index contributed by atoms with van der Waals surface area (Å²) >= 11 is 9.72. The molecule has 1 N–H and O–H groups in total. The van der Waals surface area contributed by atoms with Crippen LogP contribution in [0, 0.1) is 0 Å². The van der Waals surface area contributed by atoms with E-state index >= 15 is 0 Å². The van der Waals surface area contributed by atoms with E-state index in [2.05, 4.69) is 28.2 Å². The molecular formula is C15H16BrNO2S2. The number of unbranched alkanes of at least 4 members (excludes halogenated alkanes) is 2. The van der Waals surface area contributed by atoms with Crippen LogP contribution in [0.5, 0.6) is 5.75 Å². The van der Waals surface area contributed by atoms with Crippen LogP contribution in [0.1, 0.15) is 31.7 Å². The first-order valence-electron chi connectivity index (χ1n) is 6.77. The lowest BCUT2D eigenvalue weighted by Crippen LogP contribution is -2.17. The lowest BCUT2D eigenvalue weighted by atomic mass is 10.2. The fourth-order valence-electron chi connectivity index (χ4n) is 1.86. The molecule has 21 heavy (non-hydrogen) atoms. The summed E-state index contributed by atoms with van der Waals surface area (Å²) in [5.74, 6) is 0.634. The molecule has 2 rings (SSSR count). The molecule has 0 spiro atoms. The van der Waals surface area contributed by atoms with Gasteiger partial charge in [0.2, 0.25) is 0 Å². The van der Waals surface area contributed by atoms with E-state index in [0.717, 1.165) is 35.0 Å². The minimum Gasteiger partial charge on any atom is -0.493 e. The van der Waals surface area contributed by atoms with Crippen molar-refractivity contribution in [3.63, 3.8) is 0 Å². The molecule has 0 aliphatic carbocycles. The van der Waals surface area contributed by atoms with Gasteiger partial charge in [-0.1, -0.05) is 59.7 Å². The minimum absolute atomic E-state index is 0.151. The fourth-order valence-corrected chi connectivity index (χ4v) is 3.27. The Kier molecular flexibility index (Phi) is 6.26. The van der Waals surface area contributed by atoms with Crippen LogP contribution in [0.25, 0.3) is 6.08 Å². The summed E-state index contributed by atoms with van der Waals surface area (Å²) in [4.78, 5) is 12.3. The molecule has 1 heterocycles. The Hall–Kier alpha value is -0.850. The lowest BCUT2D eigenvalue weighted by Gasteiger charge is -2.10. The summed E-state index contributed by atoms with van der Waals surface area (Å²) < 4.78 is 7.27. The normalized spacial score (nSPS) is 16.4. The fraction of sp³-hybridized carbons (Fsp3) is 0.333.